The fraction of sp³-hybridized carbons (Fsp3) is 0.923. The summed E-state index contributed by atoms with van der Waals surface area (Å²) in [6.07, 6.45) is 9.85. The number of nitrogens with one attached hydrogen (secondary N) is 1. The first-order valence-electron chi connectivity index (χ1n) is 6.60. The van der Waals surface area contributed by atoms with Gasteiger partial charge in [0, 0.05) is 6.42 Å². The molecule has 1 saturated carbocycles. The van der Waals surface area contributed by atoms with Crippen LogP contribution in [0.25, 0.3) is 0 Å². The van der Waals surface area contributed by atoms with Crippen molar-refractivity contribution in [3.05, 3.63) is 0 Å². The summed E-state index contributed by atoms with van der Waals surface area (Å²) in [5, 5.41) is 3.40. The second-order valence-corrected chi connectivity index (χ2v) is 4.72. The van der Waals surface area contributed by atoms with Gasteiger partial charge in [-0.05, 0) is 31.8 Å². The molecular formula is C13H25NO2. The summed E-state index contributed by atoms with van der Waals surface area (Å²) in [5.41, 5.74) is 0. The van der Waals surface area contributed by atoms with Crippen molar-refractivity contribution in [1.29, 1.82) is 0 Å². The van der Waals surface area contributed by atoms with Gasteiger partial charge in [0.25, 0.3) is 0 Å². The Morgan fingerprint density at radius 1 is 1.25 bits per heavy atom. The van der Waals surface area contributed by atoms with Crippen molar-refractivity contribution >= 4 is 5.97 Å². The summed E-state index contributed by atoms with van der Waals surface area (Å²) in [6.45, 7) is 2.04. The van der Waals surface area contributed by atoms with Crippen molar-refractivity contribution in [2.45, 2.75) is 51.4 Å². The predicted octanol–water partition coefficient (Wildman–Crippen LogP) is 2.50. The number of carbonyl (C=O) groups is 1. The van der Waals surface area contributed by atoms with Gasteiger partial charge in [-0.3, -0.25) is 4.79 Å². The number of ether oxygens (including phenoxy) is 1. The molecule has 1 rings (SSSR count). The molecule has 0 aromatic heterocycles. The molecule has 0 spiro atoms. The predicted molar refractivity (Wildman–Crippen MR) is 65.3 cm³/mol. The van der Waals surface area contributed by atoms with Crippen LogP contribution < -0.4 is 5.32 Å². The summed E-state index contributed by atoms with van der Waals surface area (Å²) >= 11 is 0. The minimum atomic E-state index is -0.103. The Labute approximate surface area is 98.9 Å². The monoisotopic (exact) mass is 227 g/mol. The second kappa shape index (κ2) is 8.57. The summed E-state index contributed by atoms with van der Waals surface area (Å²) in [5.74, 6) is 0.843. The molecule has 0 unspecified atom stereocenters. The molecule has 0 aliphatic heterocycles. The largest absolute Gasteiger partial charge is 0.469 e. The highest BCUT2D eigenvalue weighted by Gasteiger charge is 2.12. The normalized spacial score (nSPS) is 17.3. The van der Waals surface area contributed by atoms with Crippen LogP contribution in [0.1, 0.15) is 51.4 Å². The topological polar surface area (TPSA) is 38.3 Å². The fourth-order valence-corrected chi connectivity index (χ4v) is 2.37. The van der Waals surface area contributed by atoms with Crippen molar-refractivity contribution in [3.63, 3.8) is 0 Å². The average molecular weight is 227 g/mol. The van der Waals surface area contributed by atoms with Gasteiger partial charge >= 0.3 is 5.97 Å². The number of carbonyl (C=O) groups excluding carboxylic acids is 1. The molecule has 3 nitrogen and oxygen atoms in total. The van der Waals surface area contributed by atoms with Crippen molar-refractivity contribution < 1.29 is 9.53 Å². The van der Waals surface area contributed by atoms with E-state index in [-0.39, 0.29) is 5.97 Å². The lowest BCUT2D eigenvalue weighted by Crippen LogP contribution is -2.21. The van der Waals surface area contributed by atoms with Crippen molar-refractivity contribution in [3.8, 4) is 0 Å². The van der Waals surface area contributed by atoms with Crippen LogP contribution in [0.5, 0.6) is 0 Å². The first kappa shape index (κ1) is 13.5. The van der Waals surface area contributed by atoms with Crippen molar-refractivity contribution in [2.24, 2.45) is 5.92 Å². The highest BCUT2D eigenvalue weighted by atomic mass is 16.5. The van der Waals surface area contributed by atoms with Crippen molar-refractivity contribution in [1.82, 2.24) is 5.32 Å². The van der Waals surface area contributed by atoms with Gasteiger partial charge < -0.3 is 10.1 Å². The lowest BCUT2D eigenvalue weighted by Gasteiger charge is -2.21. The first-order chi connectivity index (χ1) is 7.83. The molecule has 0 heterocycles. The van der Waals surface area contributed by atoms with Gasteiger partial charge in [0.1, 0.15) is 0 Å². The summed E-state index contributed by atoms with van der Waals surface area (Å²) in [7, 11) is 1.44. The highest BCUT2D eigenvalue weighted by molar-refractivity contribution is 5.68. The molecule has 1 aliphatic carbocycles. The minimum absolute atomic E-state index is 0.103. The molecular weight excluding hydrogens is 202 g/mol. The first-order valence-corrected chi connectivity index (χ1v) is 6.60. The molecule has 1 aliphatic rings. The Kier molecular flexibility index (Phi) is 7.23. The zero-order valence-electron chi connectivity index (χ0n) is 10.5. The van der Waals surface area contributed by atoms with Crippen LogP contribution in [0.15, 0.2) is 0 Å². The van der Waals surface area contributed by atoms with E-state index in [1.165, 1.54) is 45.6 Å². The van der Waals surface area contributed by atoms with Gasteiger partial charge in [-0.1, -0.05) is 32.1 Å². The third kappa shape index (κ3) is 6.11. The van der Waals surface area contributed by atoms with Crippen LogP contribution in [-0.4, -0.2) is 26.2 Å². The van der Waals surface area contributed by atoms with E-state index < -0.39 is 0 Å². The molecule has 1 N–H and O–H groups in total. The van der Waals surface area contributed by atoms with Crippen LogP contribution in [0.4, 0.5) is 0 Å². The molecule has 3 heteroatoms. The number of hydrogen-bond donors (Lipinski definition) is 1. The van der Waals surface area contributed by atoms with Gasteiger partial charge in [-0.2, -0.15) is 0 Å². The Balaban J connectivity index is 1.85. The zero-order chi connectivity index (χ0) is 11.6. The van der Waals surface area contributed by atoms with Gasteiger partial charge in [0.05, 0.1) is 7.11 Å². The fourth-order valence-electron chi connectivity index (χ4n) is 2.37. The molecule has 0 aromatic carbocycles. The van der Waals surface area contributed by atoms with Gasteiger partial charge in [0.15, 0.2) is 0 Å². The standard InChI is InChI=1S/C13H25NO2/c1-16-13(15)8-5-10-14-11-9-12-6-3-2-4-7-12/h12,14H,2-11H2,1H3. The van der Waals surface area contributed by atoms with Crippen LogP contribution in [0.3, 0.4) is 0 Å². The van der Waals surface area contributed by atoms with E-state index in [1.807, 2.05) is 0 Å². The van der Waals surface area contributed by atoms with Crippen LogP contribution in [-0.2, 0) is 9.53 Å². The summed E-state index contributed by atoms with van der Waals surface area (Å²) < 4.78 is 4.59. The lowest BCUT2D eigenvalue weighted by atomic mass is 9.87. The molecule has 0 atom stereocenters. The van der Waals surface area contributed by atoms with Gasteiger partial charge in [0.2, 0.25) is 0 Å². The second-order valence-electron chi connectivity index (χ2n) is 4.72. The molecule has 1 fully saturated rings. The van der Waals surface area contributed by atoms with Crippen LogP contribution in [0, 0.1) is 5.92 Å². The maximum Gasteiger partial charge on any atom is 0.305 e. The molecule has 0 amide bonds. The maximum atomic E-state index is 10.8. The molecule has 0 saturated heterocycles. The van der Waals surface area contributed by atoms with E-state index in [4.69, 9.17) is 0 Å². The Hall–Kier alpha value is -0.570. The molecule has 0 aromatic rings. The lowest BCUT2D eigenvalue weighted by molar-refractivity contribution is -0.140. The minimum Gasteiger partial charge on any atom is -0.469 e. The summed E-state index contributed by atoms with van der Waals surface area (Å²) in [6, 6.07) is 0. The van der Waals surface area contributed by atoms with E-state index in [1.54, 1.807) is 0 Å². The molecule has 16 heavy (non-hydrogen) atoms. The number of rotatable bonds is 7. The molecule has 0 bridgehead atoms. The Bertz CT molecular complexity index is 188. The Morgan fingerprint density at radius 2 is 2.00 bits per heavy atom. The SMILES string of the molecule is COC(=O)CCCNCCC1CCCCC1. The van der Waals surface area contributed by atoms with E-state index in [0.717, 1.165) is 25.4 Å². The van der Waals surface area contributed by atoms with Crippen LogP contribution in [0.2, 0.25) is 0 Å². The average Bonchev–Trinajstić information content (AvgIpc) is 2.34. The molecule has 94 valence electrons. The van der Waals surface area contributed by atoms with Crippen molar-refractivity contribution in [2.75, 3.05) is 20.2 Å². The van der Waals surface area contributed by atoms with E-state index in [0.29, 0.717) is 6.42 Å². The number of methoxy groups -OCH3 is 1. The maximum absolute atomic E-state index is 10.8. The molecule has 0 radical (unpaired) electrons. The van der Waals surface area contributed by atoms with Gasteiger partial charge in [-0.15, -0.1) is 0 Å². The highest BCUT2D eigenvalue weighted by Crippen LogP contribution is 2.25. The van der Waals surface area contributed by atoms with E-state index in [9.17, 15) is 4.79 Å². The quantitative estimate of drug-likeness (QED) is 0.536. The smallest absolute Gasteiger partial charge is 0.305 e. The van der Waals surface area contributed by atoms with E-state index in [2.05, 4.69) is 10.1 Å². The number of hydrogen-bond acceptors (Lipinski definition) is 3. The Morgan fingerprint density at radius 3 is 2.69 bits per heavy atom. The zero-order valence-corrected chi connectivity index (χ0v) is 10.5. The van der Waals surface area contributed by atoms with Gasteiger partial charge in [-0.25, -0.2) is 0 Å². The van der Waals surface area contributed by atoms with Crippen LogP contribution >= 0.6 is 0 Å². The third-order valence-corrected chi connectivity index (χ3v) is 3.42. The number of esters is 1. The third-order valence-electron chi connectivity index (χ3n) is 3.42. The summed E-state index contributed by atoms with van der Waals surface area (Å²) in [4.78, 5) is 10.8. The van der Waals surface area contributed by atoms with E-state index >= 15 is 0 Å².